The largest absolute Gasteiger partial charge is 0.500 e. The van der Waals surface area contributed by atoms with Crippen molar-refractivity contribution in [1.82, 2.24) is 5.32 Å². The molecular weight excluding hydrogens is 224 g/mol. The van der Waals surface area contributed by atoms with E-state index in [9.17, 15) is 0 Å². The van der Waals surface area contributed by atoms with Crippen LogP contribution >= 0.6 is 0 Å². The molecule has 0 rings (SSSR count). The summed E-state index contributed by atoms with van der Waals surface area (Å²) in [5, 5.41) is 3.18. The van der Waals surface area contributed by atoms with Crippen molar-refractivity contribution in [2.24, 2.45) is 5.73 Å². The Morgan fingerprint density at radius 1 is 1.00 bits per heavy atom. The van der Waals surface area contributed by atoms with Crippen LogP contribution in [-0.4, -0.2) is 48.3 Å². The summed E-state index contributed by atoms with van der Waals surface area (Å²) in [6, 6.07) is 0.811. The molecule has 0 saturated carbocycles. The van der Waals surface area contributed by atoms with Crippen LogP contribution < -0.4 is 11.1 Å². The van der Waals surface area contributed by atoms with Gasteiger partial charge in [-0.05, 0) is 13.8 Å². The second kappa shape index (κ2) is 10.2. The first kappa shape index (κ1) is 16.0. The Hall–Kier alpha value is 0.0169. The maximum absolute atomic E-state index is 5.80. The van der Waals surface area contributed by atoms with Crippen molar-refractivity contribution in [3.63, 3.8) is 0 Å². The maximum atomic E-state index is 5.80. The van der Waals surface area contributed by atoms with Crippen molar-refractivity contribution in [1.29, 1.82) is 0 Å². The van der Waals surface area contributed by atoms with Gasteiger partial charge >= 0.3 is 8.80 Å². The lowest BCUT2D eigenvalue weighted by Gasteiger charge is -2.27. The summed E-state index contributed by atoms with van der Waals surface area (Å²) in [7, 11) is -2.40. The number of rotatable bonds is 11. The lowest BCUT2D eigenvalue weighted by atomic mass is 10.6. The predicted molar refractivity (Wildman–Crippen MR) is 67.4 cm³/mol. The van der Waals surface area contributed by atoms with Crippen molar-refractivity contribution in [3.8, 4) is 0 Å². The fraction of sp³-hybridized carbons (Fsp3) is 1.00. The zero-order chi connectivity index (χ0) is 12.3. The summed E-state index contributed by atoms with van der Waals surface area (Å²) >= 11 is 0. The maximum Gasteiger partial charge on any atom is 0.500 e. The van der Waals surface area contributed by atoms with E-state index in [4.69, 9.17) is 19.0 Å². The summed E-state index contributed by atoms with van der Waals surface area (Å²) in [6.45, 7) is 10.1. The van der Waals surface area contributed by atoms with E-state index in [-0.39, 0.29) is 0 Å². The Kier molecular flexibility index (Phi) is 10.2. The van der Waals surface area contributed by atoms with Crippen molar-refractivity contribution in [2.75, 3.05) is 39.5 Å². The van der Waals surface area contributed by atoms with Crippen LogP contribution in [0, 0.1) is 0 Å². The highest BCUT2D eigenvalue weighted by Crippen LogP contribution is 2.14. The van der Waals surface area contributed by atoms with Crippen LogP contribution in [0.15, 0.2) is 0 Å². The van der Waals surface area contributed by atoms with Gasteiger partial charge in [-0.15, -0.1) is 0 Å². The molecule has 0 aromatic heterocycles. The molecule has 0 saturated heterocycles. The van der Waals surface area contributed by atoms with E-state index >= 15 is 0 Å². The minimum Gasteiger partial charge on any atom is -0.374 e. The van der Waals surface area contributed by atoms with Gasteiger partial charge in [0.15, 0.2) is 0 Å². The van der Waals surface area contributed by atoms with Gasteiger partial charge in [-0.1, -0.05) is 6.92 Å². The molecule has 0 unspecified atom stereocenters. The molecule has 98 valence electrons. The zero-order valence-corrected chi connectivity index (χ0v) is 11.8. The fourth-order valence-corrected chi connectivity index (χ4v) is 3.53. The van der Waals surface area contributed by atoms with Gasteiger partial charge in [0.1, 0.15) is 0 Å². The first-order chi connectivity index (χ1) is 7.74. The number of nitrogens with two attached hydrogens (primary N) is 1. The molecule has 6 heteroatoms. The number of hydrogen-bond donors (Lipinski definition) is 2. The third-order valence-electron chi connectivity index (χ3n) is 2.08. The summed E-state index contributed by atoms with van der Waals surface area (Å²) in [5.41, 5.74) is 5.37. The van der Waals surface area contributed by atoms with Crippen LogP contribution in [0.5, 0.6) is 0 Å². The van der Waals surface area contributed by atoms with Gasteiger partial charge in [-0.3, -0.25) is 0 Å². The van der Waals surface area contributed by atoms with Crippen molar-refractivity contribution >= 4 is 8.80 Å². The SMILES string of the molecule is CCO[Si](CC)(OCC)OCCNCCN. The van der Waals surface area contributed by atoms with Crippen LogP contribution in [0.2, 0.25) is 6.04 Å². The molecule has 0 aromatic carbocycles. The average molecular weight is 250 g/mol. The second-order valence-electron chi connectivity index (χ2n) is 3.29. The van der Waals surface area contributed by atoms with Gasteiger partial charge < -0.3 is 24.3 Å². The van der Waals surface area contributed by atoms with Crippen LogP contribution in [0.25, 0.3) is 0 Å². The van der Waals surface area contributed by atoms with Crippen LogP contribution in [0.4, 0.5) is 0 Å². The smallest absolute Gasteiger partial charge is 0.374 e. The Morgan fingerprint density at radius 3 is 2.06 bits per heavy atom. The zero-order valence-electron chi connectivity index (χ0n) is 10.8. The molecule has 3 N–H and O–H groups in total. The first-order valence-corrected chi connectivity index (χ1v) is 8.00. The third kappa shape index (κ3) is 6.57. The van der Waals surface area contributed by atoms with Crippen molar-refractivity contribution in [2.45, 2.75) is 26.8 Å². The minimum atomic E-state index is -2.40. The van der Waals surface area contributed by atoms with Gasteiger partial charge in [0, 0.05) is 38.9 Å². The molecule has 0 fully saturated rings. The predicted octanol–water partition coefficient (Wildman–Crippen LogP) is 0.583. The molecule has 0 aliphatic carbocycles. The standard InChI is InChI=1S/C10H26N2O3Si/c1-4-13-16(6-3,14-5-2)15-10-9-12-8-7-11/h12H,4-11H2,1-3H3. The summed E-state index contributed by atoms with van der Waals surface area (Å²) < 4.78 is 17.1. The number of hydrogen-bond acceptors (Lipinski definition) is 5. The van der Waals surface area contributed by atoms with E-state index in [2.05, 4.69) is 5.32 Å². The minimum absolute atomic E-state index is 0.611. The molecule has 0 atom stereocenters. The lowest BCUT2D eigenvalue weighted by Crippen LogP contribution is -2.46. The highest BCUT2D eigenvalue weighted by atomic mass is 28.4. The molecule has 0 spiro atoms. The molecule has 0 aromatic rings. The Balaban J connectivity index is 3.89. The summed E-state index contributed by atoms with van der Waals surface area (Å²) in [4.78, 5) is 0. The molecule has 0 radical (unpaired) electrons. The summed E-state index contributed by atoms with van der Waals surface area (Å²) in [6.07, 6.45) is 0. The Bertz CT molecular complexity index is 155. The average Bonchev–Trinajstić information content (AvgIpc) is 2.29. The van der Waals surface area contributed by atoms with Gasteiger partial charge in [-0.25, -0.2) is 0 Å². The molecule has 0 heterocycles. The van der Waals surface area contributed by atoms with Gasteiger partial charge in [0.2, 0.25) is 0 Å². The normalized spacial score (nSPS) is 12.0. The van der Waals surface area contributed by atoms with E-state index in [1.54, 1.807) is 0 Å². The summed E-state index contributed by atoms with van der Waals surface area (Å²) in [5.74, 6) is 0. The van der Waals surface area contributed by atoms with Crippen LogP contribution in [0.3, 0.4) is 0 Å². The molecule has 0 amide bonds. The molecular formula is C10H26N2O3Si. The van der Waals surface area contributed by atoms with E-state index in [1.165, 1.54) is 0 Å². The molecule has 0 aliphatic heterocycles. The van der Waals surface area contributed by atoms with E-state index in [1.807, 2.05) is 20.8 Å². The topological polar surface area (TPSA) is 65.7 Å². The second-order valence-corrected chi connectivity index (χ2v) is 6.23. The molecule has 16 heavy (non-hydrogen) atoms. The third-order valence-corrected chi connectivity index (χ3v) is 5.05. The monoisotopic (exact) mass is 250 g/mol. The molecule has 5 nitrogen and oxygen atoms in total. The van der Waals surface area contributed by atoms with Crippen LogP contribution in [-0.2, 0) is 13.3 Å². The highest BCUT2D eigenvalue weighted by Gasteiger charge is 2.38. The Morgan fingerprint density at radius 2 is 1.62 bits per heavy atom. The van der Waals surface area contributed by atoms with Crippen LogP contribution in [0.1, 0.15) is 20.8 Å². The number of nitrogens with one attached hydrogen (secondary N) is 1. The van der Waals surface area contributed by atoms with Crippen molar-refractivity contribution in [3.05, 3.63) is 0 Å². The van der Waals surface area contributed by atoms with E-state index < -0.39 is 8.80 Å². The Labute approximate surface area is 100 Å². The van der Waals surface area contributed by atoms with E-state index in [0.717, 1.165) is 19.1 Å². The van der Waals surface area contributed by atoms with E-state index in [0.29, 0.717) is 26.4 Å². The van der Waals surface area contributed by atoms with Gasteiger partial charge in [0.25, 0.3) is 0 Å². The van der Waals surface area contributed by atoms with Crippen molar-refractivity contribution < 1.29 is 13.3 Å². The van der Waals surface area contributed by atoms with Gasteiger partial charge in [-0.2, -0.15) is 0 Å². The lowest BCUT2D eigenvalue weighted by molar-refractivity contribution is 0.0690. The fourth-order valence-electron chi connectivity index (χ4n) is 1.38. The highest BCUT2D eigenvalue weighted by molar-refractivity contribution is 6.60. The van der Waals surface area contributed by atoms with Gasteiger partial charge in [0.05, 0.1) is 6.61 Å². The molecule has 0 aliphatic rings. The quantitative estimate of drug-likeness (QED) is 0.415. The first-order valence-electron chi connectivity index (χ1n) is 6.07. The molecule has 0 bridgehead atoms.